The summed E-state index contributed by atoms with van der Waals surface area (Å²) in [4.78, 5) is 5.42. The van der Waals surface area contributed by atoms with Crippen molar-refractivity contribution < 1.29 is 13.2 Å². The van der Waals surface area contributed by atoms with Crippen molar-refractivity contribution in [2.45, 2.75) is 50.4 Å². The number of aromatic nitrogens is 1. The van der Waals surface area contributed by atoms with Gasteiger partial charge in [0.05, 0.1) is 6.04 Å². The van der Waals surface area contributed by atoms with Crippen molar-refractivity contribution in [3.8, 4) is 0 Å². The van der Waals surface area contributed by atoms with Crippen LogP contribution in [-0.4, -0.2) is 28.1 Å². The Labute approximate surface area is 181 Å². The molecule has 1 aromatic heterocycles. The van der Waals surface area contributed by atoms with E-state index in [1.54, 1.807) is 0 Å². The number of benzene rings is 2. The molecule has 1 saturated carbocycles. The van der Waals surface area contributed by atoms with E-state index < -0.39 is 23.3 Å². The Morgan fingerprint density at radius 1 is 1.10 bits per heavy atom. The van der Waals surface area contributed by atoms with Gasteiger partial charge in [0, 0.05) is 44.2 Å². The van der Waals surface area contributed by atoms with Crippen LogP contribution in [0.1, 0.15) is 55.5 Å². The minimum absolute atomic E-state index is 0.00724. The van der Waals surface area contributed by atoms with Crippen LogP contribution in [0.4, 0.5) is 13.2 Å². The normalized spacial score (nSPS) is 24.3. The molecule has 0 amide bonds. The van der Waals surface area contributed by atoms with Crippen LogP contribution in [0.25, 0.3) is 10.9 Å². The molecule has 2 nitrogen and oxygen atoms in total. The quantitative estimate of drug-likeness (QED) is 0.402. The Morgan fingerprint density at radius 3 is 2.41 bits per heavy atom. The van der Waals surface area contributed by atoms with Crippen LogP contribution in [0.5, 0.6) is 0 Å². The summed E-state index contributed by atoms with van der Waals surface area (Å²) in [5.74, 6) is -0.901. The molecule has 1 N–H and O–H groups in total. The maximum atomic E-state index is 15.1. The number of nitrogens with zero attached hydrogens (tertiary/aromatic N) is 1. The third-order valence-electron chi connectivity index (χ3n) is 6.29. The molecular formula is C23H22F3IN2. The van der Waals surface area contributed by atoms with Crippen LogP contribution in [0.15, 0.2) is 36.4 Å². The summed E-state index contributed by atoms with van der Waals surface area (Å²) in [7, 11) is 0. The Hall–Kier alpha value is -1.54. The van der Waals surface area contributed by atoms with Crippen LogP contribution in [-0.2, 0) is 0 Å². The van der Waals surface area contributed by atoms with E-state index in [0.717, 1.165) is 35.0 Å². The first-order valence-electron chi connectivity index (χ1n) is 9.94. The van der Waals surface area contributed by atoms with Crippen molar-refractivity contribution in [3.05, 3.63) is 68.4 Å². The second-order valence-corrected chi connectivity index (χ2v) is 10.1. The van der Waals surface area contributed by atoms with Crippen molar-refractivity contribution in [1.82, 2.24) is 9.88 Å². The van der Waals surface area contributed by atoms with E-state index in [9.17, 15) is 4.39 Å². The fourth-order valence-electron chi connectivity index (χ4n) is 5.14. The van der Waals surface area contributed by atoms with Crippen LogP contribution in [0.2, 0.25) is 0 Å². The Morgan fingerprint density at radius 2 is 1.79 bits per heavy atom. The fraction of sp³-hybridized carbons (Fsp3) is 0.391. The van der Waals surface area contributed by atoms with Crippen molar-refractivity contribution in [1.29, 1.82) is 0 Å². The lowest BCUT2D eigenvalue weighted by Crippen LogP contribution is -2.55. The zero-order valence-electron chi connectivity index (χ0n) is 16.3. The van der Waals surface area contributed by atoms with Crippen LogP contribution < -0.4 is 0 Å². The van der Waals surface area contributed by atoms with Gasteiger partial charge in [-0.05, 0) is 73.0 Å². The van der Waals surface area contributed by atoms with Gasteiger partial charge >= 0.3 is 0 Å². The Balaban J connectivity index is 1.78. The SMILES string of the molecule is CC(C)(F)CN1[C@@H](c2c(F)cc(I)cc2F)c2[nH]c3ccccc3c2[C@@H]2CC[C@@H]21. The molecule has 2 heterocycles. The first-order chi connectivity index (χ1) is 13.7. The largest absolute Gasteiger partial charge is 0.357 e. The van der Waals surface area contributed by atoms with E-state index in [4.69, 9.17) is 0 Å². The van der Waals surface area contributed by atoms with Gasteiger partial charge in [-0.25, -0.2) is 13.2 Å². The number of alkyl halides is 1. The zero-order chi connectivity index (χ0) is 20.5. The molecule has 0 radical (unpaired) electrons. The summed E-state index contributed by atoms with van der Waals surface area (Å²) in [6, 6.07) is 10.1. The molecule has 2 aliphatic rings. The zero-order valence-corrected chi connectivity index (χ0v) is 18.4. The van der Waals surface area contributed by atoms with E-state index in [1.165, 1.54) is 26.0 Å². The molecule has 1 aliphatic carbocycles. The highest BCUT2D eigenvalue weighted by molar-refractivity contribution is 14.1. The number of aromatic amines is 1. The predicted molar refractivity (Wildman–Crippen MR) is 117 cm³/mol. The number of hydrogen-bond donors (Lipinski definition) is 1. The van der Waals surface area contributed by atoms with Gasteiger partial charge in [0.15, 0.2) is 0 Å². The van der Waals surface area contributed by atoms with Crippen molar-refractivity contribution in [2.75, 3.05) is 6.54 Å². The Kier molecular flexibility index (Phi) is 4.51. The highest BCUT2D eigenvalue weighted by Crippen LogP contribution is 2.54. The molecule has 0 spiro atoms. The molecule has 3 aromatic rings. The molecule has 1 fully saturated rings. The van der Waals surface area contributed by atoms with Gasteiger partial charge < -0.3 is 4.98 Å². The molecule has 2 aromatic carbocycles. The minimum atomic E-state index is -1.47. The molecule has 6 heteroatoms. The van der Waals surface area contributed by atoms with Gasteiger partial charge in [-0.3, -0.25) is 4.90 Å². The van der Waals surface area contributed by atoms with Gasteiger partial charge in [0.2, 0.25) is 0 Å². The number of rotatable bonds is 3. The maximum Gasteiger partial charge on any atom is 0.132 e. The number of para-hydroxylation sites is 1. The smallest absolute Gasteiger partial charge is 0.132 e. The molecule has 0 saturated heterocycles. The average Bonchev–Trinajstić information content (AvgIpc) is 2.94. The van der Waals surface area contributed by atoms with E-state index in [1.807, 2.05) is 45.7 Å². The first kappa shape index (κ1) is 19.4. The van der Waals surface area contributed by atoms with Gasteiger partial charge in [0.1, 0.15) is 17.3 Å². The summed E-state index contributed by atoms with van der Waals surface area (Å²) in [5, 5.41) is 1.10. The standard InChI is InChI=1S/C23H22F3IN2/c1-23(2,26)11-29-18-8-7-14(18)19-13-5-3-4-6-17(13)28-21(19)22(29)20-15(24)9-12(27)10-16(20)25/h3-6,9-10,14,18,22,28H,7-8,11H2,1-2H3/t14-,18+,22+/m1/s1. The van der Waals surface area contributed by atoms with E-state index in [2.05, 4.69) is 11.1 Å². The third-order valence-corrected chi connectivity index (χ3v) is 6.92. The molecule has 1 aliphatic heterocycles. The lowest BCUT2D eigenvalue weighted by molar-refractivity contribution is 0.00921. The molecule has 3 atom stereocenters. The second kappa shape index (κ2) is 6.74. The van der Waals surface area contributed by atoms with E-state index in [-0.39, 0.29) is 24.1 Å². The number of hydrogen-bond acceptors (Lipinski definition) is 1. The highest BCUT2D eigenvalue weighted by Gasteiger charge is 2.50. The predicted octanol–water partition coefficient (Wildman–Crippen LogP) is 6.45. The molecule has 29 heavy (non-hydrogen) atoms. The van der Waals surface area contributed by atoms with Crippen molar-refractivity contribution in [2.24, 2.45) is 0 Å². The average molecular weight is 510 g/mol. The molecule has 0 bridgehead atoms. The topological polar surface area (TPSA) is 19.0 Å². The van der Waals surface area contributed by atoms with Crippen LogP contribution in [0.3, 0.4) is 0 Å². The van der Waals surface area contributed by atoms with Crippen molar-refractivity contribution >= 4 is 33.5 Å². The number of nitrogens with one attached hydrogen (secondary N) is 1. The maximum absolute atomic E-state index is 15.1. The monoisotopic (exact) mass is 510 g/mol. The molecular weight excluding hydrogens is 488 g/mol. The van der Waals surface area contributed by atoms with Gasteiger partial charge in [-0.15, -0.1) is 0 Å². The van der Waals surface area contributed by atoms with Gasteiger partial charge in [0.25, 0.3) is 0 Å². The summed E-state index contributed by atoms with van der Waals surface area (Å²) >= 11 is 1.91. The summed E-state index contributed by atoms with van der Waals surface area (Å²) in [6.45, 7) is 3.18. The lowest BCUT2D eigenvalue weighted by Gasteiger charge is -2.53. The number of H-pyrrole nitrogens is 1. The van der Waals surface area contributed by atoms with Gasteiger partial charge in [-0.2, -0.15) is 0 Å². The Bertz CT molecular complexity index is 1080. The highest BCUT2D eigenvalue weighted by atomic mass is 127. The number of fused-ring (bicyclic) bond motifs is 5. The summed E-state index contributed by atoms with van der Waals surface area (Å²) < 4.78 is 45.5. The van der Waals surface area contributed by atoms with E-state index >= 15 is 8.78 Å². The molecule has 0 unspecified atom stereocenters. The van der Waals surface area contributed by atoms with Crippen LogP contribution in [0, 0.1) is 15.2 Å². The summed E-state index contributed by atoms with van der Waals surface area (Å²) in [6.07, 6.45) is 1.91. The minimum Gasteiger partial charge on any atom is -0.357 e. The van der Waals surface area contributed by atoms with Crippen molar-refractivity contribution in [3.63, 3.8) is 0 Å². The lowest BCUT2D eigenvalue weighted by atomic mass is 9.68. The molecule has 152 valence electrons. The van der Waals surface area contributed by atoms with Crippen LogP contribution >= 0.6 is 22.6 Å². The second-order valence-electron chi connectivity index (χ2n) is 8.83. The first-order valence-corrected chi connectivity index (χ1v) is 11.0. The third kappa shape index (κ3) is 3.10. The van der Waals surface area contributed by atoms with E-state index in [0.29, 0.717) is 3.57 Å². The number of halogens is 4. The fourth-order valence-corrected chi connectivity index (χ4v) is 5.69. The molecule has 5 rings (SSSR count). The van der Waals surface area contributed by atoms with Gasteiger partial charge in [-0.1, -0.05) is 18.2 Å². The summed E-state index contributed by atoms with van der Waals surface area (Å²) in [5.41, 5.74) is 1.44.